The number of nitrogens with one attached hydrogen (secondary N) is 3. The highest BCUT2D eigenvalue weighted by Gasteiger charge is 2.51. The molecule has 0 unspecified atom stereocenters. The maximum absolute atomic E-state index is 12.5. The van der Waals surface area contributed by atoms with E-state index in [9.17, 15) is 4.79 Å². The van der Waals surface area contributed by atoms with Crippen LogP contribution in [0, 0.1) is 29.1 Å². The smallest absolute Gasteiger partial charge is 0.238 e. The number of rotatable bonds is 3. The zero-order valence-corrected chi connectivity index (χ0v) is 16.3. The number of hydrogen-bond donors (Lipinski definition) is 3. The maximum Gasteiger partial charge on any atom is 0.238 e. The molecule has 0 aromatic heterocycles. The molecule has 0 saturated heterocycles. The van der Waals surface area contributed by atoms with Gasteiger partial charge in [-0.25, -0.2) is 0 Å². The first kappa shape index (κ1) is 17.6. The van der Waals surface area contributed by atoms with Crippen molar-refractivity contribution in [2.75, 3.05) is 0 Å². The van der Waals surface area contributed by atoms with Crippen molar-refractivity contribution in [1.29, 1.82) is 0 Å². The molecule has 0 spiro atoms. The summed E-state index contributed by atoms with van der Waals surface area (Å²) in [6.07, 6.45) is 13.8. The van der Waals surface area contributed by atoms with E-state index >= 15 is 0 Å². The Labute approximate surface area is 157 Å². The van der Waals surface area contributed by atoms with E-state index in [0.717, 1.165) is 17.8 Å². The number of thiocarbonyl (C=S) groups is 1. The van der Waals surface area contributed by atoms with Gasteiger partial charge in [0.15, 0.2) is 5.11 Å². The minimum absolute atomic E-state index is 0.114. The molecule has 3 N–H and O–H groups in total. The molecule has 140 valence electrons. The van der Waals surface area contributed by atoms with E-state index in [1.165, 1.54) is 64.2 Å². The standard InChI is InChI=1S/C20H33N3OS/c1-13-4-2-3-5-17(13)21-19(25)23-22-18(24)12-20-9-14-6-15(10-20)8-16(7-14)11-20/h13-17H,2-12H2,1H3,(H,22,24)(H2,21,23,25)/t13-,14?,15?,16?,17+,20?/m1/s1. The van der Waals surface area contributed by atoms with Crippen LogP contribution in [0.2, 0.25) is 0 Å². The van der Waals surface area contributed by atoms with Crippen molar-refractivity contribution in [3.63, 3.8) is 0 Å². The molecule has 1 amide bonds. The lowest BCUT2D eigenvalue weighted by atomic mass is 9.49. The zero-order valence-electron chi connectivity index (χ0n) is 15.5. The molecule has 0 aromatic rings. The van der Waals surface area contributed by atoms with Crippen LogP contribution in [-0.2, 0) is 4.79 Å². The van der Waals surface area contributed by atoms with E-state index < -0.39 is 0 Å². The average molecular weight is 364 g/mol. The Morgan fingerprint density at radius 3 is 2.20 bits per heavy atom. The number of carbonyl (C=O) groups is 1. The van der Waals surface area contributed by atoms with Crippen LogP contribution in [0.3, 0.4) is 0 Å². The largest absolute Gasteiger partial charge is 0.358 e. The molecule has 25 heavy (non-hydrogen) atoms. The Bertz CT molecular complexity index is 500. The van der Waals surface area contributed by atoms with Crippen molar-refractivity contribution >= 4 is 23.2 Å². The molecule has 5 aliphatic carbocycles. The fourth-order valence-electron chi connectivity index (χ4n) is 6.75. The number of hydrazine groups is 1. The Morgan fingerprint density at radius 1 is 1.00 bits per heavy atom. The van der Waals surface area contributed by atoms with E-state index in [2.05, 4.69) is 23.1 Å². The van der Waals surface area contributed by atoms with Gasteiger partial charge in [-0.3, -0.25) is 15.6 Å². The van der Waals surface area contributed by atoms with Crippen molar-refractivity contribution in [3.8, 4) is 0 Å². The van der Waals surface area contributed by atoms with Crippen LogP contribution >= 0.6 is 12.2 Å². The predicted molar refractivity (Wildman–Crippen MR) is 104 cm³/mol. The number of hydrogen-bond acceptors (Lipinski definition) is 2. The quantitative estimate of drug-likeness (QED) is 0.529. The third-order valence-corrected chi connectivity index (χ3v) is 7.66. The molecule has 5 aliphatic rings. The predicted octanol–water partition coefficient (Wildman–Crippen LogP) is 3.67. The topological polar surface area (TPSA) is 53.2 Å². The molecular formula is C20H33N3OS. The summed E-state index contributed by atoms with van der Waals surface area (Å²) in [5, 5.41) is 3.96. The van der Waals surface area contributed by atoms with Crippen LogP contribution in [0.1, 0.15) is 77.6 Å². The van der Waals surface area contributed by atoms with Gasteiger partial charge in [-0.05, 0) is 92.7 Å². The van der Waals surface area contributed by atoms with Gasteiger partial charge in [0, 0.05) is 12.5 Å². The van der Waals surface area contributed by atoms with Crippen molar-refractivity contribution in [3.05, 3.63) is 0 Å². The molecule has 0 radical (unpaired) electrons. The van der Waals surface area contributed by atoms with Gasteiger partial charge in [0.05, 0.1) is 0 Å². The summed E-state index contributed by atoms with van der Waals surface area (Å²) in [7, 11) is 0. The highest BCUT2D eigenvalue weighted by Crippen LogP contribution is 2.61. The average Bonchev–Trinajstić information content (AvgIpc) is 2.53. The first-order chi connectivity index (χ1) is 12.0. The lowest BCUT2D eigenvalue weighted by Gasteiger charge is -2.56. The first-order valence-electron chi connectivity index (χ1n) is 10.4. The van der Waals surface area contributed by atoms with E-state index in [-0.39, 0.29) is 11.3 Å². The zero-order chi connectivity index (χ0) is 17.4. The SMILES string of the molecule is C[C@@H]1CCCC[C@@H]1NC(=S)NNC(=O)CC12CC3CC(CC(C3)C1)C2. The molecular weight excluding hydrogens is 330 g/mol. The van der Waals surface area contributed by atoms with Gasteiger partial charge in [0.25, 0.3) is 0 Å². The van der Waals surface area contributed by atoms with E-state index in [0.29, 0.717) is 23.5 Å². The molecule has 5 heteroatoms. The second kappa shape index (κ2) is 7.05. The van der Waals surface area contributed by atoms with Crippen molar-refractivity contribution in [1.82, 2.24) is 16.2 Å². The second-order valence-corrected chi connectivity index (χ2v) is 10.0. The fraction of sp³-hybridized carbons (Fsp3) is 0.900. The van der Waals surface area contributed by atoms with Crippen LogP contribution in [0.15, 0.2) is 0 Å². The Balaban J connectivity index is 1.23. The summed E-state index contributed by atoms with van der Waals surface area (Å²) in [4.78, 5) is 12.5. The van der Waals surface area contributed by atoms with Crippen LogP contribution in [0.5, 0.6) is 0 Å². The molecule has 2 atom stereocenters. The minimum atomic E-state index is 0.114. The van der Waals surface area contributed by atoms with E-state index in [4.69, 9.17) is 12.2 Å². The van der Waals surface area contributed by atoms with Gasteiger partial charge in [-0.15, -0.1) is 0 Å². The van der Waals surface area contributed by atoms with Gasteiger partial charge < -0.3 is 5.32 Å². The van der Waals surface area contributed by atoms with Crippen molar-refractivity contribution in [2.45, 2.75) is 83.6 Å². The second-order valence-electron chi connectivity index (χ2n) is 9.61. The summed E-state index contributed by atoms with van der Waals surface area (Å²) >= 11 is 5.39. The summed E-state index contributed by atoms with van der Waals surface area (Å²) in [6, 6.07) is 0.439. The third-order valence-electron chi connectivity index (χ3n) is 7.44. The van der Waals surface area contributed by atoms with Gasteiger partial charge in [0.1, 0.15) is 0 Å². The van der Waals surface area contributed by atoms with Crippen molar-refractivity contribution in [2.24, 2.45) is 29.1 Å². The Morgan fingerprint density at radius 2 is 1.60 bits per heavy atom. The molecule has 5 saturated carbocycles. The van der Waals surface area contributed by atoms with E-state index in [1.807, 2.05) is 0 Å². The summed E-state index contributed by atoms with van der Waals surface area (Å²) in [5.41, 5.74) is 6.11. The van der Waals surface area contributed by atoms with Crippen LogP contribution in [-0.4, -0.2) is 17.1 Å². The molecule has 4 bridgehead atoms. The third kappa shape index (κ3) is 3.96. The van der Waals surface area contributed by atoms with Gasteiger partial charge >= 0.3 is 0 Å². The minimum Gasteiger partial charge on any atom is -0.358 e. The van der Waals surface area contributed by atoms with Gasteiger partial charge in [0.2, 0.25) is 5.91 Å². The molecule has 0 heterocycles. The van der Waals surface area contributed by atoms with Crippen LogP contribution in [0.25, 0.3) is 0 Å². The molecule has 4 nitrogen and oxygen atoms in total. The monoisotopic (exact) mass is 363 g/mol. The molecule has 0 aliphatic heterocycles. The molecule has 5 rings (SSSR count). The van der Waals surface area contributed by atoms with Gasteiger partial charge in [-0.1, -0.05) is 19.8 Å². The highest BCUT2D eigenvalue weighted by atomic mass is 32.1. The summed E-state index contributed by atoms with van der Waals surface area (Å²) in [6.45, 7) is 2.28. The molecule has 0 aromatic carbocycles. The van der Waals surface area contributed by atoms with Crippen LogP contribution in [0.4, 0.5) is 0 Å². The summed E-state index contributed by atoms with van der Waals surface area (Å²) < 4.78 is 0. The van der Waals surface area contributed by atoms with Gasteiger partial charge in [-0.2, -0.15) is 0 Å². The van der Waals surface area contributed by atoms with Crippen LogP contribution < -0.4 is 16.2 Å². The Hall–Kier alpha value is -0.840. The highest BCUT2D eigenvalue weighted by molar-refractivity contribution is 7.80. The number of amides is 1. The Kier molecular flexibility index (Phi) is 4.96. The van der Waals surface area contributed by atoms with E-state index in [1.54, 1.807) is 0 Å². The number of carbonyl (C=O) groups excluding carboxylic acids is 1. The maximum atomic E-state index is 12.5. The molecule has 5 fully saturated rings. The normalized spacial score (nSPS) is 42.0. The fourth-order valence-corrected chi connectivity index (χ4v) is 6.96. The van der Waals surface area contributed by atoms with Crippen molar-refractivity contribution < 1.29 is 4.79 Å². The lowest BCUT2D eigenvalue weighted by Crippen LogP contribution is -2.53. The first-order valence-corrected chi connectivity index (χ1v) is 10.8. The summed E-state index contributed by atoms with van der Waals surface area (Å²) in [5.74, 6) is 3.44. The lowest BCUT2D eigenvalue weighted by molar-refractivity contribution is -0.130.